The van der Waals surface area contributed by atoms with Gasteiger partial charge in [-0.2, -0.15) is 0 Å². The monoisotopic (exact) mass is 355 g/mol. The molecule has 3 aliphatic rings. The third kappa shape index (κ3) is 3.02. The predicted molar refractivity (Wildman–Crippen MR) is 94.7 cm³/mol. The van der Waals surface area contributed by atoms with Crippen LogP contribution in [0.2, 0.25) is 0 Å². The second-order valence-electron chi connectivity index (χ2n) is 7.61. The van der Waals surface area contributed by atoms with Crippen molar-refractivity contribution < 1.29 is 14.4 Å². The van der Waals surface area contributed by atoms with Gasteiger partial charge in [0, 0.05) is 31.9 Å². The summed E-state index contributed by atoms with van der Waals surface area (Å²) < 4.78 is 0. The number of rotatable bonds is 4. The molecule has 138 valence electrons. The van der Waals surface area contributed by atoms with Crippen LogP contribution >= 0.6 is 0 Å². The summed E-state index contributed by atoms with van der Waals surface area (Å²) in [5, 5.41) is 0. The van der Waals surface area contributed by atoms with Crippen molar-refractivity contribution in [3.63, 3.8) is 0 Å². The van der Waals surface area contributed by atoms with E-state index in [9.17, 15) is 14.4 Å². The van der Waals surface area contributed by atoms with Gasteiger partial charge in [-0.3, -0.25) is 24.3 Å². The Kier molecular flexibility index (Phi) is 4.74. The lowest BCUT2D eigenvalue weighted by atomic mass is 9.81. The van der Waals surface area contributed by atoms with Crippen molar-refractivity contribution in [1.82, 2.24) is 14.8 Å². The normalized spacial score (nSPS) is 28.5. The summed E-state index contributed by atoms with van der Waals surface area (Å²) in [5.41, 5.74) is 1.05. The van der Waals surface area contributed by atoms with E-state index in [0.717, 1.165) is 50.6 Å². The summed E-state index contributed by atoms with van der Waals surface area (Å²) in [7, 11) is 0. The fraction of sp³-hybridized carbons (Fsp3) is 0.600. The van der Waals surface area contributed by atoms with Crippen molar-refractivity contribution in [2.24, 2.45) is 11.8 Å². The lowest BCUT2D eigenvalue weighted by Crippen LogP contribution is -2.37. The van der Waals surface area contributed by atoms with E-state index in [1.165, 1.54) is 4.90 Å². The molecule has 1 aromatic rings. The summed E-state index contributed by atoms with van der Waals surface area (Å²) >= 11 is 0. The SMILES string of the molecule is O=C1[C@@H]2CCCC[C@H]2C(=O)N1CCC(=O)N1CCC[C@H]1c1cccnc1. The Labute approximate surface area is 153 Å². The van der Waals surface area contributed by atoms with Crippen LogP contribution in [-0.4, -0.2) is 45.6 Å². The molecule has 3 fully saturated rings. The third-order valence-corrected chi connectivity index (χ3v) is 6.12. The highest BCUT2D eigenvalue weighted by Crippen LogP contribution is 2.38. The van der Waals surface area contributed by atoms with Crippen molar-refractivity contribution in [3.8, 4) is 0 Å². The molecule has 1 aliphatic carbocycles. The summed E-state index contributed by atoms with van der Waals surface area (Å²) in [4.78, 5) is 45.2. The van der Waals surface area contributed by atoms with Gasteiger partial charge in [0.15, 0.2) is 0 Å². The third-order valence-electron chi connectivity index (χ3n) is 6.12. The number of aromatic nitrogens is 1. The van der Waals surface area contributed by atoms with Crippen LogP contribution in [0.3, 0.4) is 0 Å². The van der Waals surface area contributed by atoms with Crippen molar-refractivity contribution >= 4 is 17.7 Å². The number of amides is 3. The molecule has 1 saturated carbocycles. The molecule has 1 aromatic heterocycles. The number of carbonyl (C=O) groups is 3. The van der Waals surface area contributed by atoms with E-state index < -0.39 is 0 Å². The van der Waals surface area contributed by atoms with E-state index >= 15 is 0 Å². The molecule has 3 amide bonds. The largest absolute Gasteiger partial charge is 0.336 e. The smallest absolute Gasteiger partial charge is 0.233 e. The maximum atomic E-state index is 12.8. The first-order chi connectivity index (χ1) is 12.7. The minimum Gasteiger partial charge on any atom is -0.336 e. The van der Waals surface area contributed by atoms with E-state index in [1.54, 1.807) is 6.20 Å². The Bertz CT molecular complexity index is 682. The van der Waals surface area contributed by atoms with Crippen LogP contribution in [-0.2, 0) is 14.4 Å². The van der Waals surface area contributed by atoms with Crippen LogP contribution in [0.4, 0.5) is 0 Å². The molecular weight excluding hydrogens is 330 g/mol. The van der Waals surface area contributed by atoms with Crippen LogP contribution in [0, 0.1) is 11.8 Å². The van der Waals surface area contributed by atoms with Gasteiger partial charge in [-0.1, -0.05) is 18.9 Å². The minimum absolute atomic E-state index is 0.0202. The maximum absolute atomic E-state index is 12.8. The van der Waals surface area contributed by atoms with Gasteiger partial charge in [0.2, 0.25) is 17.7 Å². The molecule has 6 nitrogen and oxygen atoms in total. The fourth-order valence-electron chi connectivity index (χ4n) is 4.79. The second-order valence-corrected chi connectivity index (χ2v) is 7.61. The van der Waals surface area contributed by atoms with E-state index in [-0.39, 0.29) is 48.6 Å². The zero-order valence-electron chi connectivity index (χ0n) is 15.0. The Morgan fingerprint density at radius 2 is 1.81 bits per heavy atom. The van der Waals surface area contributed by atoms with Crippen molar-refractivity contribution in [2.75, 3.05) is 13.1 Å². The molecule has 4 rings (SSSR count). The number of fused-ring (bicyclic) bond motifs is 1. The van der Waals surface area contributed by atoms with Gasteiger partial charge >= 0.3 is 0 Å². The topological polar surface area (TPSA) is 70.6 Å². The highest BCUT2D eigenvalue weighted by atomic mass is 16.2. The average molecular weight is 355 g/mol. The Balaban J connectivity index is 1.39. The minimum atomic E-state index is -0.138. The van der Waals surface area contributed by atoms with Gasteiger partial charge in [-0.05, 0) is 37.3 Å². The Morgan fingerprint density at radius 1 is 1.08 bits per heavy atom. The number of likely N-dealkylation sites (tertiary alicyclic amines) is 2. The first-order valence-electron chi connectivity index (χ1n) is 9.71. The molecule has 26 heavy (non-hydrogen) atoms. The standard InChI is InChI=1S/C20H25N3O3/c24-18(22-11-4-8-17(22)14-5-3-10-21-13-14)9-12-23-19(25)15-6-1-2-7-16(15)20(23)26/h3,5,10,13,15-17H,1-2,4,6-9,11-12H2/t15-,16-,17+/m1/s1. The van der Waals surface area contributed by atoms with E-state index in [1.807, 2.05) is 23.2 Å². The van der Waals surface area contributed by atoms with Crippen molar-refractivity contribution in [3.05, 3.63) is 30.1 Å². The molecule has 3 heterocycles. The quantitative estimate of drug-likeness (QED) is 0.777. The van der Waals surface area contributed by atoms with E-state index in [4.69, 9.17) is 0 Å². The average Bonchev–Trinajstić information content (AvgIpc) is 3.26. The molecule has 6 heteroatoms. The first kappa shape index (κ1) is 17.2. The molecule has 0 aromatic carbocycles. The predicted octanol–water partition coefficient (Wildman–Crippen LogP) is 2.31. The molecule has 3 atom stereocenters. The van der Waals surface area contributed by atoms with Gasteiger partial charge in [-0.15, -0.1) is 0 Å². The molecule has 0 radical (unpaired) electrons. The van der Waals surface area contributed by atoms with Gasteiger partial charge < -0.3 is 4.90 Å². The number of imide groups is 1. The fourth-order valence-corrected chi connectivity index (χ4v) is 4.79. The van der Waals surface area contributed by atoms with Crippen LogP contribution in [0.25, 0.3) is 0 Å². The Morgan fingerprint density at radius 3 is 2.46 bits per heavy atom. The van der Waals surface area contributed by atoms with Crippen molar-refractivity contribution in [2.45, 2.75) is 51.0 Å². The number of hydrogen-bond donors (Lipinski definition) is 0. The Hall–Kier alpha value is -2.24. The zero-order chi connectivity index (χ0) is 18.1. The highest BCUT2D eigenvalue weighted by Gasteiger charge is 2.48. The molecule has 0 spiro atoms. The van der Waals surface area contributed by atoms with Crippen LogP contribution in [0.15, 0.2) is 24.5 Å². The zero-order valence-corrected chi connectivity index (χ0v) is 15.0. The summed E-state index contributed by atoms with van der Waals surface area (Å²) in [6, 6.07) is 3.95. The van der Waals surface area contributed by atoms with Crippen LogP contribution in [0.5, 0.6) is 0 Å². The van der Waals surface area contributed by atoms with Gasteiger partial charge in [0.1, 0.15) is 0 Å². The number of nitrogens with zero attached hydrogens (tertiary/aromatic N) is 3. The summed E-state index contributed by atoms with van der Waals surface area (Å²) in [5.74, 6) is -0.371. The summed E-state index contributed by atoms with van der Waals surface area (Å²) in [6.07, 6.45) is 9.34. The highest BCUT2D eigenvalue weighted by molar-refractivity contribution is 6.05. The van der Waals surface area contributed by atoms with E-state index in [2.05, 4.69) is 4.98 Å². The molecule has 0 N–H and O–H groups in total. The van der Waals surface area contributed by atoms with Crippen LogP contribution < -0.4 is 0 Å². The van der Waals surface area contributed by atoms with Crippen LogP contribution in [0.1, 0.15) is 56.6 Å². The number of pyridine rings is 1. The number of hydrogen-bond acceptors (Lipinski definition) is 4. The lowest BCUT2D eigenvalue weighted by Gasteiger charge is -2.25. The molecule has 2 aliphatic heterocycles. The molecule has 0 unspecified atom stereocenters. The van der Waals surface area contributed by atoms with E-state index in [0.29, 0.717) is 0 Å². The van der Waals surface area contributed by atoms with Gasteiger partial charge in [-0.25, -0.2) is 0 Å². The molecule has 0 bridgehead atoms. The first-order valence-corrected chi connectivity index (χ1v) is 9.71. The molecular formula is C20H25N3O3. The summed E-state index contributed by atoms with van der Waals surface area (Å²) in [6.45, 7) is 0.950. The van der Waals surface area contributed by atoms with Gasteiger partial charge in [0.25, 0.3) is 0 Å². The number of carbonyl (C=O) groups excluding carboxylic acids is 3. The molecule has 2 saturated heterocycles. The maximum Gasteiger partial charge on any atom is 0.233 e. The van der Waals surface area contributed by atoms with Gasteiger partial charge in [0.05, 0.1) is 17.9 Å². The second kappa shape index (κ2) is 7.17. The van der Waals surface area contributed by atoms with Crippen molar-refractivity contribution in [1.29, 1.82) is 0 Å². The lowest BCUT2D eigenvalue weighted by molar-refractivity contribution is -0.141.